The molecule has 0 spiro atoms. The first-order chi connectivity index (χ1) is 7.06. The summed E-state index contributed by atoms with van der Waals surface area (Å²) in [6.45, 7) is 1.85. The standard InChI is InChI=1S/C8H16N4O3/c1-6(13)10-2-3-11-8(15)5-12-7(14)4-9/h2-5,9H2,1H3,(H,10,13)(H,11,15)(H,12,14). The number of rotatable bonds is 6. The average Bonchev–Trinajstić information content (AvgIpc) is 2.20. The Kier molecular flexibility index (Phi) is 6.90. The maximum atomic E-state index is 11.0. The van der Waals surface area contributed by atoms with E-state index in [4.69, 9.17) is 5.73 Å². The van der Waals surface area contributed by atoms with Crippen molar-refractivity contribution in [3.8, 4) is 0 Å². The molecule has 0 rings (SSSR count). The molecule has 0 unspecified atom stereocenters. The molecule has 0 aromatic rings. The highest BCUT2D eigenvalue weighted by Gasteiger charge is 2.02. The number of nitrogens with two attached hydrogens (primary N) is 1. The van der Waals surface area contributed by atoms with Gasteiger partial charge in [-0.25, -0.2) is 0 Å². The SMILES string of the molecule is CC(=O)NCCNC(=O)CNC(=O)CN. The minimum atomic E-state index is -0.382. The fraction of sp³-hybridized carbons (Fsp3) is 0.625. The van der Waals surface area contributed by atoms with Crippen molar-refractivity contribution in [1.82, 2.24) is 16.0 Å². The number of carbonyl (C=O) groups excluding carboxylic acids is 3. The van der Waals surface area contributed by atoms with Crippen molar-refractivity contribution in [2.24, 2.45) is 5.73 Å². The van der Waals surface area contributed by atoms with Gasteiger partial charge in [0.25, 0.3) is 0 Å². The Balaban J connectivity index is 3.41. The second kappa shape index (κ2) is 7.74. The van der Waals surface area contributed by atoms with Gasteiger partial charge >= 0.3 is 0 Å². The van der Waals surface area contributed by atoms with Gasteiger partial charge in [0.15, 0.2) is 0 Å². The molecule has 0 aliphatic heterocycles. The Morgan fingerprint density at radius 1 is 1.00 bits per heavy atom. The summed E-state index contributed by atoms with van der Waals surface area (Å²) in [6, 6.07) is 0. The molecule has 0 radical (unpaired) electrons. The van der Waals surface area contributed by atoms with Crippen LogP contribution in [-0.4, -0.2) is 43.9 Å². The summed E-state index contributed by atoms with van der Waals surface area (Å²) in [5, 5.41) is 7.34. The highest BCUT2D eigenvalue weighted by molar-refractivity contribution is 5.85. The molecule has 0 aliphatic carbocycles. The van der Waals surface area contributed by atoms with E-state index in [1.807, 2.05) is 0 Å². The van der Waals surface area contributed by atoms with Gasteiger partial charge in [-0.3, -0.25) is 14.4 Å². The average molecular weight is 216 g/mol. The minimum absolute atomic E-state index is 0.101. The van der Waals surface area contributed by atoms with Crippen LogP contribution in [0.15, 0.2) is 0 Å². The zero-order valence-electron chi connectivity index (χ0n) is 8.63. The third kappa shape index (κ3) is 8.69. The monoisotopic (exact) mass is 216 g/mol. The van der Waals surface area contributed by atoms with E-state index < -0.39 is 0 Å². The van der Waals surface area contributed by atoms with E-state index in [-0.39, 0.29) is 30.8 Å². The largest absolute Gasteiger partial charge is 0.355 e. The Labute approximate surface area is 87.8 Å². The third-order valence-electron chi connectivity index (χ3n) is 1.45. The van der Waals surface area contributed by atoms with Crippen LogP contribution < -0.4 is 21.7 Å². The third-order valence-corrected chi connectivity index (χ3v) is 1.45. The predicted molar refractivity (Wildman–Crippen MR) is 53.8 cm³/mol. The first-order valence-corrected chi connectivity index (χ1v) is 4.54. The van der Waals surface area contributed by atoms with E-state index in [9.17, 15) is 14.4 Å². The molecule has 0 saturated carbocycles. The molecule has 3 amide bonds. The Morgan fingerprint density at radius 3 is 2.13 bits per heavy atom. The second-order valence-electron chi connectivity index (χ2n) is 2.81. The number of hydrogen-bond acceptors (Lipinski definition) is 4. The molecule has 5 N–H and O–H groups in total. The van der Waals surface area contributed by atoms with E-state index >= 15 is 0 Å². The van der Waals surface area contributed by atoms with Gasteiger partial charge in [0.1, 0.15) is 0 Å². The summed E-state index contributed by atoms with van der Waals surface area (Å²) >= 11 is 0. The van der Waals surface area contributed by atoms with E-state index in [1.54, 1.807) is 0 Å². The maximum Gasteiger partial charge on any atom is 0.239 e. The van der Waals surface area contributed by atoms with Crippen LogP contribution >= 0.6 is 0 Å². The van der Waals surface area contributed by atoms with Crippen LogP contribution in [0, 0.1) is 0 Å². The first-order valence-electron chi connectivity index (χ1n) is 4.54. The Bertz CT molecular complexity index is 242. The fourth-order valence-corrected chi connectivity index (χ4v) is 0.754. The summed E-state index contributed by atoms with van der Waals surface area (Å²) in [6.07, 6.45) is 0. The molecule has 0 bridgehead atoms. The Hall–Kier alpha value is -1.63. The van der Waals surface area contributed by atoms with Crippen LogP contribution in [0.5, 0.6) is 0 Å². The summed E-state index contributed by atoms with van der Waals surface area (Å²) in [4.78, 5) is 32.1. The van der Waals surface area contributed by atoms with Gasteiger partial charge in [0.05, 0.1) is 13.1 Å². The van der Waals surface area contributed by atoms with Gasteiger partial charge in [-0.15, -0.1) is 0 Å². The number of hydrogen-bond donors (Lipinski definition) is 4. The van der Waals surface area contributed by atoms with Crippen molar-refractivity contribution < 1.29 is 14.4 Å². The van der Waals surface area contributed by atoms with Crippen molar-refractivity contribution in [3.05, 3.63) is 0 Å². The number of nitrogens with one attached hydrogen (secondary N) is 3. The maximum absolute atomic E-state index is 11.0. The lowest BCUT2D eigenvalue weighted by molar-refractivity contribution is -0.125. The van der Waals surface area contributed by atoms with Crippen LogP contribution in [0.2, 0.25) is 0 Å². The molecule has 15 heavy (non-hydrogen) atoms. The van der Waals surface area contributed by atoms with Crippen molar-refractivity contribution in [2.75, 3.05) is 26.2 Å². The van der Waals surface area contributed by atoms with Gasteiger partial charge in [-0.1, -0.05) is 0 Å². The molecule has 0 saturated heterocycles. The first kappa shape index (κ1) is 13.4. The summed E-state index contributed by atoms with van der Waals surface area (Å²) in [5.74, 6) is -0.852. The van der Waals surface area contributed by atoms with Crippen LogP contribution in [0.3, 0.4) is 0 Å². The van der Waals surface area contributed by atoms with Gasteiger partial charge in [-0.2, -0.15) is 0 Å². The smallest absolute Gasteiger partial charge is 0.239 e. The van der Waals surface area contributed by atoms with Crippen LogP contribution in [0.1, 0.15) is 6.92 Å². The predicted octanol–water partition coefficient (Wildman–Crippen LogP) is -2.69. The lowest BCUT2D eigenvalue weighted by Gasteiger charge is -2.06. The molecule has 86 valence electrons. The fourth-order valence-electron chi connectivity index (χ4n) is 0.754. The quantitative estimate of drug-likeness (QED) is 0.362. The van der Waals surface area contributed by atoms with E-state index in [0.29, 0.717) is 13.1 Å². The van der Waals surface area contributed by atoms with Gasteiger partial charge in [0, 0.05) is 20.0 Å². The zero-order chi connectivity index (χ0) is 11.7. The van der Waals surface area contributed by atoms with Crippen molar-refractivity contribution in [3.63, 3.8) is 0 Å². The molecule has 0 aliphatic rings. The second-order valence-corrected chi connectivity index (χ2v) is 2.81. The highest BCUT2D eigenvalue weighted by atomic mass is 16.2. The van der Waals surface area contributed by atoms with Crippen molar-refractivity contribution in [1.29, 1.82) is 0 Å². The number of carbonyl (C=O) groups is 3. The molecule has 7 nitrogen and oxygen atoms in total. The minimum Gasteiger partial charge on any atom is -0.355 e. The van der Waals surface area contributed by atoms with Crippen LogP contribution in [-0.2, 0) is 14.4 Å². The highest BCUT2D eigenvalue weighted by Crippen LogP contribution is 1.66. The van der Waals surface area contributed by atoms with Crippen molar-refractivity contribution in [2.45, 2.75) is 6.92 Å². The lowest BCUT2D eigenvalue weighted by atomic mass is 10.5. The van der Waals surface area contributed by atoms with Gasteiger partial charge < -0.3 is 21.7 Å². The molecular formula is C8H16N4O3. The summed E-state index contributed by atoms with van der Waals surface area (Å²) in [5.41, 5.74) is 5.02. The molecule has 7 heteroatoms. The van der Waals surface area contributed by atoms with E-state index in [2.05, 4.69) is 16.0 Å². The summed E-state index contributed by atoms with van der Waals surface area (Å²) < 4.78 is 0. The van der Waals surface area contributed by atoms with Gasteiger partial charge in [-0.05, 0) is 0 Å². The molecule has 0 heterocycles. The molecule has 0 atom stereocenters. The topological polar surface area (TPSA) is 113 Å². The van der Waals surface area contributed by atoms with Crippen LogP contribution in [0.4, 0.5) is 0 Å². The number of amides is 3. The lowest BCUT2D eigenvalue weighted by Crippen LogP contribution is -2.41. The Morgan fingerprint density at radius 2 is 1.60 bits per heavy atom. The molecule has 0 aromatic heterocycles. The zero-order valence-corrected chi connectivity index (χ0v) is 8.63. The molecule has 0 fully saturated rings. The molecular weight excluding hydrogens is 200 g/mol. The van der Waals surface area contributed by atoms with Gasteiger partial charge in [0.2, 0.25) is 17.7 Å². The van der Waals surface area contributed by atoms with Crippen LogP contribution in [0.25, 0.3) is 0 Å². The summed E-state index contributed by atoms with van der Waals surface area (Å²) in [7, 11) is 0. The molecule has 0 aromatic carbocycles. The van der Waals surface area contributed by atoms with E-state index in [0.717, 1.165) is 0 Å². The van der Waals surface area contributed by atoms with Crippen molar-refractivity contribution >= 4 is 17.7 Å². The van der Waals surface area contributed by atoms with E-state index in [1.165, 1.54) is 6.92 Å². The normalized spacial score (nSPS) is 9.20.